The lowest BCUT2D eigenvalue weighted by Gasteiger charge is -2.12. The van der Waals surface area contributed by atoms with Crippen molar-refractivity contribution < 1.29 is 9.59 Å². The zero-order valence-electron chi connectivity index (χ0n) is 22.7. The van der Waals surface area contributed by atoms with Crippen LogP contribution in [0, 0.1) is 25.7 Å². The highest BCUT2D eigenvalue weighted by molar-refractivity contribution is 5.78. The quantitative estimate of drug-likeness (QED) is 0.322. The van der Waals surface area contributed by atoms with E-state index in [-0.39, 0.29) is 23.7 Å². The largest absolute Gasteiger partial charge is 0.352 e. The van der Waals surface area contributed by atoms with Crippen molar-refractivity contribution in [2.75, 3.05) is 13.6 Å². The van der Waals surface area contributed by atoms with Crippen molar-refractivity contribution in [2.24, 2.45) is 11.8 Å². The third-order valence-electron chi connectivity index (χ3n) is 6.12. The summed E-state index contributed by atoms with van der Waals surface area (Å²) in [6.45, 7) is 12.5. The van der Waals surface area contributed by atoms with Gasteiger partial charge in [-0.3, -0.25) is 9.59 Å². The van der Waals surface area contributed by atoms with Crippen molar-refractivity contribution in [1.82, 2.24) is 16.0 Å². The standard InChI is InChI=1S/C15H24N2O.C15H23NO/c1-12-6-8-14(9-7-12)11-17-15(18)13(2)5-4-10-16-3;1-4-5-6-13(3)15(17)16-11-14-9-7-12(2)8-10-14/h6-9,13,16H,4-5,10-11H2,1-3H3,(H,17,18);7-10,13H,4-6,11H2,1-3H3,(H,16,17). The maximum Gasteiger partial charge on any atom is 0.223 e. The smallest absolute Gasteiger partial charge is 0.223 e. The van der Waals surface area contributed by atoms with Crippen LogP contribution in [0.5, 0.6) is 0 Å². The molecule has 0 saturated heterocycles. The summed E-state index contributed by atoms with van der Waals surface area (Å²) in [5, 5.41) is 9.07. The van der Waals surface area contributed by atoms with E-state index >= 15 is 0 Å². The SMILES string of the molecule is CCCCC(C)C(=O)NCc1ccc(C)cc1.CNCCCC(C)C(=O)NCc1ccc(C)cc1. The van der Waals surface area contributed by atoms with Crippen molar-refractivity contribution >= 4 is 11.8 Å². The van der Waals surface area contributed by atoms with Crippen molar-refractivity contribution in [3.63, 3.8) is 0 Å². The molecule has 0 heterocycles. The second-order valence-electron chi connectivity index (χ2n) is 9.60. The van der Waals surface area contributed by atoms with Crippen LogP contribution in [0.1, 0.15) is 75.1 Å². The number of nitrogens with one attached hydrogen (secondary N) is 3. The molecule has 2 unspecified atom stereocenters. The van der Waals surface area contributed by atoms with E-state index in [0.717, 1.165) is 49.8 Å². The number of amides is 2. The van der Waals surface area contributed by atoms with Crippen LogP contribution in [0.4, 0.5) is 0 Å². The average Bonchev–Trinajstić information content (AvgIpc) is 2.86. The Morgan fingerprint density at radius 1 is 0.714 bits per heavy atom. The Hall–Kier alpha value is -2.66. The van der Waals surface area contributed by atoms with E-state index in [0.29, 0.717) is 13.1 Å². The number of unbranched alkanes of at least 4 members (excludes halogenated alkanes) is 1. The molecule has 0 bridgehead atoms. The Labute approximate surface area is 213 Å². The molecule has 2 aromatic rings. The van der Waals surface area contributed by atoms with Gasteiger partial charge in [0, 0.05) is 24.9 Å². The summed E-state index contributed by atoms with van der Waals surface area (Å²) in [5.74, 6) is 0.523. The van der Waals surface area contributed by atoms with E-state index in [4.69, 9.17) is 0 Å². The first kappa shape index (κ1) is 30.4. The van der Waals surface area contributed by atoms with Gasteiger partial charge in [0.05, 0.1) is 0 Å². The summed E-state index contributed by atoms with van der Waals surface area (Å²) in [6.07, 6.45) is 5.22. The van der Waals surface area contributed by atoms with E-state index in [1.54, 1.807) is 0 Å². The van der Waals surface area contributed by atoms with Crippen LogP contribution >= 0.6 is 0 Å². The van der Waals surface area contributed by atoms with Gasteiger partial charge in [-0.15, -0.1) is 0 Å². The van der Waals surface area contributed by atoms with Gasteiger partial charge >= 0.3 is 0 Å². The molecule has 194 valence electrons. The van der Waals surface area contributed by atoms with Gasteiger partial charge in [-0.1, -0.05) is 93.3 Å². The number of benzene rings is 2. The molecular weight excluding hydrogens is 434 g/mol. The van der Waals surface area contributed by atoms with Crippen LogP contribution in [-0.2, 0) is 22.7 Å². The predicted octanol–water partition coefficient (Wildman–Crippen LogP) is 5.68. The zero-order chi connectivity index (χ0) is 26.1. The van der Waals surface area contributed by atoms with Gasteiger partial charge in [-0.2, -0.15) is 0 Å². The Balaban J connectivity index is 0.000000351. The van der Waals surface area contributed by atoms with Crippen LogP contribution in [0.2, 0.25) is 0 Å². The van der Waals surface area contributed by atoms with Crippen LogP contribution in [-0.4, -0.2) is 25.4 Å². The first-order valence-corrected chi connectivity index (χ1v) is 13.1. The number of rotatable bonds is 13. The lowest BCUT2D eigenvalue weighted by atomic mass is 10.0. The van der Waals surface area contributed by atoms with E-state index in [9.17, 15) is 9.59 Å². The highest BCUT2D eigenvalue weighted by Crippen LogP contribution is 2.09. The van der Waals surface area contributed by atoms with Gasteiger partial charge in [0.15, 0.2) is 0 Å². The molecule has 0 aliphatic heterocycles. The summed E-state index contributed by atoms with van der Waals surface area (Å²) < 4.78 is 0. The Bertz CT molecular complexity index is 847. The topological polar surface area (TPSA) is 70.2 Å². The maximum absolute atomic E-state index is 11.8. The summed E-state index contributed by atoms with van der Waals surface area (Å²) in [6, 6.07) is 16.5. The van der Waals surface area contributed by atoms with Gasteiger partial charge in [0.2, 0.25) is 11.8 Å². The van der Waals surface area contributed by atoms with Crippen molar-refractivity contribution in [3.05, 3.63) is 70.8 Å². The molecule has 0 radical (unpaired) electrons. The number of hydrogen-bond donors (Lipinski definition) is 3. The highest BCUT2D eigenvalue weighted by atomic mass is 16.2. The fourth-order valence-corrected chi connectivity index (χ4v) is 3.50. The monoisotopic (exact) mass is 481 g/mol. The number of aryl methyl sites for hydroxylation is 2. The average molecular weight is 482 g/mol. The van der Waals surface area contributed by atoms with Gasteiger partial charge in [0.25, 0.3) is 0 Å². The normalized spacial score (nSPS) is 12.2. The summed E-state index contributed by atoms with van der Waals surface area (Å²) in [7, 11) is 1.93. The number of carbonyl (C=O) groups excluding carboxylic acids is 2. The van der Waals surface area contributed by atoms with Crippen molar-refractivity contribution in [3.8, 4) is 0 Å². The molecule has 2 amide bonds. The Morgan fingerprint density at radius 3 is 1.49 bits per heavy atom. The summed E-state index contributed by atoms with van der Waals surface area (Å²) in [4.78, 5) is 23.6. The molecule has 5 nitrogen and oxygen atoms in total. The van der Waals surface area contributed by atoms with E-state index < -0.39 is 0 Å². The first-order chi connectivity index (χ1) is 16.8. The Kier molecular flexibility index (Phi) is 15.4. The minimum Gasteiger partial charge on any atom is -0.352 e. The van der Waals surface area contributed by atoms with Gasteiger partial charge in [-0.25, -0.2) is 0 Å². The summed E-state index contributed by atoms with van der Waals surface area (Å²) >= 11 is 0. The molecule has 0 aliphatic carbocycles. The highest BCUT2D eigenvalue weighted by Gasteiger charge is 2.12. The van der Waals surface area contributed by atoms with E-state index in [1.165, 1.54) is 11.1 Å². The molecule has 0 saturated carbocycles. The molecule has 2 aromatic carbocycles. The first-order valence-electron chi connectivity index (χ1n) is 13.1. The molecule has 5 heteroatoms. The van der Waals surface area contributed by atoms with Gasteiger partial charge < -0.3 is 16.0 Å². The molecular formula is C30H47N3O2. The lowest BCUT2D eigenvalue weighted by Crippen LogP contribution is -2.29. The zero-order valence-corrected chi connectivity index (χ0v) is 22.7. The molecule has 0 aliphatic rings. The third-order valence-corrected chi connectivity index (χ3v) is 6.12. The fourth-order valence-electron chi connectivity index (χ4n) is 3.50. The molecule has 0 aromatic heterocycles. The molecule has 0 fully saturated rings. The van der Waals surface area contributed by atoms with Crippen LogP contribution in [0.3, 0.4) is 0 Å². The van der Waals surface area contributed by atoms with Crippen molar-refractivity contribution in [1.29, 1.82) is 0 Å². The molecule has 3 N–H and O–H groups in total. The molecule has 2 atom stereocenters. The Morgan fingerprint density at radius 2 is 1.11 bits per heavy atom. The van der Waals surface area contributed by atoms with Crippen molar-refractivity contribution in [2.45, 2.75) is 79.8 Å². The van der Waals surface area contributed by atoms with Crippen LogP contribution in [0.15, 0.2) is 48.5 Å². The number of hydrogen-bond acceptors (Lipinski definition) is 3. The van der Waals surface area contributed by atoms with Gasteiger partial charge in [0.1, 0.15) is 0 Å². The van der Waals surface area contributed by atoms with Crippen LogP contribution < -0.4 is 16.0 Å². The molecule has 35 heavy (non-hydrogen) atoms. The van der Waals surface area contributed by atoms with E-state index in [1.807, 2.05) is 20.9 Å². The van der Waals surface area contributed by atoms with E-state index in [2.05, 4.69) is 85.3 Å². The number of carbonyl (C=O) groups is 2. The maximum atomic E-state index is 11.8. The molecule has 2 rings (SSSR count). The second kappa shape index (κ2) is 17.7. The van der Waals surface area contributed by atoms with Gasteiger partial charge in [-0.05, 0) is 57.8 Å². The second-order valence-corrected chi connectivity index (χ2v) is 9.60. The lowest BCUT2D eigenvalue weighted by molar-refractivity contribution is -0.125. The minimum atomic E-state index is 0.0869. The predicted molar refractivity (Wildman–Crippen MR) is 147 cm³/mol. The third kappa shape index (κ3) is 13.7. The molecule has 0 spiro atoms. The fraction of sp³-hybridized carbons (Fsp3) is 0.533. The van der Waals surface area contributed by atoms with Crippen LogP contribution in [0.25, 0.3) is 0 Å². The minimum absolute atomic E-state index is 0.0869. The summed E-state index contributed by atoms with van der Waals surface area (Å²) in [5.41, 5.74) is 4.80.